The molecule has 0 saturated carbocycles. The highest BCUT2D eigenvalue weighted by atomic mass is 16.6. The van der Waals surface area contributed by atoms with Crippen LogP contribution in [-0.2, 0) is 0 Å². The first kappa shape index (κ1) is 23.2. The number of carbonyl (C=O) groups is 1. The van der Waals surface area contributed by atoms with E-state index in [4.69, 9.17) is 9.47 Å². The molecular formula is C23H26N6O5. The number of amides is 1. The Kier molecular flexibility index (Phi) is 7.02. The number of carbonyl (C=O) groups excluding carboxylic acids is 1. The van der Waals surface area contributed by atoms with E-state index in [1.165, 1.54) is 24.3 Å². The van der Waals surface area contributed by atoms with Crippen LogP contribution in [0.1, 0.15) is 10.4 Å². The minimum Gasteiger partial charge on any atom is -0.493 e. The number of aromatic nitrogens is 2. The summed E-state index contributed by atoms with van der Waals surface area (Å²) in [6, 6.07) is 9.34. The number of anilines is 1. The number of non-ortho nitro benzene ring substituents is 1. The van der Waals surface area contributed by atoms with Crippen molar-refractivity contribution in [2.24, 2.45) is 0 Å². The lowest BCUT2D eigenvalue weighted by molar-refractivity contribution is -0.384. The summed E-state index contributed by atoms with van der Waals surface area (Å²) in [6.45, 7) is 4.43. The van der Waals surface area contributed by atoms with Crippen LogP contribution in [0.15, 0.2) is 42.7 Å². The highest BCUT2D eigenvalue weighted by molar-refractivity contribution is 5.94. The second-order valence-corrected chi connectivity index (χ2v) is 7.81. The molecule has 0 spiro atoms. The standard InChI is InChI=1S/C23H26N6O5/c1-33-20-13-18-19(14-21(20)34-2)25-15-26-22(18)28-11-9-27(10-12-28)8-7-24-23(30)16-3-5-17(6-4-16)29(31)32/h3-6,13-15H,7-12H2,1-2H3,(H,24,30). The van der Waals surface area contributed by atoms with Crippen LogP contribution >= 0.6 is 0 Å². The zero-order chi connectivity index (χ0) is 24.1. The third-order valence-electron chi connectivity index (χ3n) is 5.85. The summed E-state index contributed by atoms with van der Waals surface area (Å²) < 4.78 is 10.8. The molecule has 1 N–H and O–H groups in total. The monoisotopic (exact) mass is 466 g/mol. The van der Waals surface area contributed by atoms with Crippen LogP contribution in [0.4, 0.5) is 11.5 Å². The van der Waals surface area contributed by atoms with Gasteiger partial charge in [0.15, 0.2) is 11.5 Å². The predicted octanol–water partition coefficient (Wildman–Crippen LogP) is 2.11. The van der Waals surface area contributed by atoms with E-state index >= 15 is 0 Å². The Morgan fingerprint density at radius 1 is 1.06 bits per heavy atom. The van der Waals surface area contributed by atoms with Crippen LogP contribution in [0.25, 0.3) is 10.9 Å². The summed E-state index contributed by atoms with van der Waals surface area (Å²) in [5.74, 6) is 1.87. The molecule has 1 amide bonds. The summed E-state index contributed by atoms with van der Waals surface area (Å²) >= 11 is 0. The lowest BCUT2D eigenvalue weighted by Gasteiger charge is -2.35. The zero-order valence-electron chi connectivity index (χ0n) is 19.1. The van der Waals surface area contributed by atoms with E-state index in [1.54, 1.807) is 20.5 Å². The zero-order valence-corrected chi connectivity index (χ0v) is 19.1. The number of hydrogen-bond donors (Lipinski definition) is 1. The summed E-state index contributed by atoms with van der Waals surface area (Å²) in [5.41, 5.74) is 1.15. The van der Waals surface area contributed by atoms with Crippen LogP contribution in [0.3, 0.4) is 0 Å². The maximum Gasteiger partial charge on any atom is 0.269 e. The van der Waals surface area contributed by atoms with Gasteiger partial charge in [0.2, 0.25) is 0 Å². The SMILES string of the molecule is COc1cc2ncnc(N3CCN(CCNC(=O)c4ccc([N+](=O)[O-])cc4)CC3)c2cc1OC. The van der Waals surface area contributed by atoms with E-state index in [0.29, 0.717) is 30.2 Å². The van der Waals surface area contributed by atoms with Crippen molar-refractivity contribution in [3.8, 4) is 11.5 Å². The molecule has 3 aromatic rings. The lowest BCUT2D eigenvalue weighted by atomic mass is 10.2. The van der Waals surface area contributed by atoms with Crippen LogP contribution in [0.5, 0.6) is 11.5 Å². The van der Waals surface area contributed by atoms with Crippen molar-refractivity contribution in [2.75, 3.05) is 58.4 Å². The van der Waals surface area contributed by atoms with Crippen LogP contribution in [-0.4, -0.2) is 79.2 Å². The molecule has 1 aromatic heterocycles. The number of nitrogens with zero attached hydrogens (tertiary/aromatic N) is 5. The predicted molar refractivity (Wildman–Crippen MR) is 127 cm³/mol. The first-order chi connectivity index (χ1) is 16.5. The first-order valence-electron chi connectivity index (χ1n) is 10.9. The maximum atomic E-state index is 12.3. The third kappa shape index (κ3) is 4.99. The molecule has 0 bridgehead atoms. The molecule has 11 heteroatoms. The minimum atomic E-state index is -0.487. The molecule has 0 unspecified atom stereocenters. The molecule has 4 rings (SSSR count). The van der Waals surface area contributed by atoms with Crippen molar-refractivity contribution < 1.29 is 19.2 Å². The number of ether oxygens (including phenoxy) is 2. The van der Waals surface area contributed by atoms with Gasteiger partial charge in [-0.2, -0.15) is 0 Å². The number of nitrogens with one attached hydrogen (secondary N) is 1. The van der Waals surface area contributed by atoms with Gasteiger partial charge in [-0.1, -0.05) is 0 Å². The van der Waals surface area contributed by atoms with Gasteiger partial charge in [0.05, 0.1) is 24.7 Å². The van der Waals surface area contributed by atoms with Gasteiger partial charge in [0, 0.05) is 68.4 Å². The molecule has 1 fully saturated rings. The molecule has 1 aliphatic rings. The van der Waals surface area contributed by atoms with E-state index in [9.17, 15) is 14.9 Å². The summed E-state index contributed by atoms with van der Waals surface area (Å²) in [5, 5.41) is 14.5. The highest BCUT2D eigenvalue weighted by Crippen LogP contribution is 2.34. The normalized spacial score (nSPS) is 14.1. The number of fused-ring (bicyclic) bond motifs is 1. The average molecular weight is 466 g/mol. The molecule has 178 valence electrons. The summed E-state index contributed by atoms with van der Waals surface area (Å²) in [6.07, 6.45) is 1.56. The number of nitro groups is 1. The van der Waals surface area contributed by atoms with Crippen molar-refractivity contribution in [3.63, 3.8) is 0 Å². The van der Waals surface area contributed by atoms with Gasteiger partial charge in [0.1, 0.15) is 12.1 Å². The van der Waals surface area contributed by atoms with Gasteiger partial charge >= 0.3 is 0 Å². The fourth-order valence-electron chi connectivity index (χ4n) is 3.97. The van der Waals surface area contributed by atoms with E-state index in [1.807, 2.05) is 12.1 Å². The molecule has 34 heavy (non-hydrogen) atoms. The molecule has 2 aromatic carbocycles. The maximum absolute atomic E-state index is 12.3. The van der Waals surface area contributed by atoms with Gasteiger partial charge in [-0.05, 0) is 18.2 Å². The van der Waals surface area contributed by atoms with Crippen molar-refractivity contribution in [3.05, 3.63) is 58.4 Å². The molecule has 0 radical (unpaired) electrons. The molecule has 2 heterocycles. The van der Waals surface area contributed by atoms with Gasteiger partial charge in [-0.3, -0.25) is 19.8 Å². The van der Waals surface area contributed by atoms with Gasteiger partial charge in [-0.15, -0.1) is 0 Å². The largest absolute Gasteiger partial charge is 0.493 e. The van der Waals surface area contributed by atoms with Crippen molar-refractivity contribution in [1.82, 2.24) is 20.2 Å². The lowest BCUT2D eigenvalue weighted by Crippen LogP contribution is -2.48. The van der Waals surface area contributed by atoms with E-state index < -0.39 is 4.92 Å². The van der Waals surface area contributed by atoms with Crippen LogP contribution < -0.4 is 19.7 Å². The number of rotatable bonds is 8. The average Bonchev–Trinajstić information content (AvgIpc) is 2.87. The van der Waals surface area contributed by atoms with E-state index in [0.717, 1.165) is 42.9 Å². The third-order valence-corrected chi connectivity index (χ3v) is 5.85. The second kappa shape index (κ2) is 10.3. The Morgan fingerprint density at radius 3 is 2.38 bits per heavy atom. The number of hydrogen-bond acceptors (Lipinski definition) is 9. The Balaban J connectivity index is 1.32. The van der Waals surface area contributed by atoms with E-state index in [2.05, 4.69) is 25.1 Å². The molecule has 0 aliphatic carbocycles. The topological polar surface area (TPSA) is 123 Å². The Labute approximate surface area is 196 Å². The molecule has 11 nitrogen and oxygen atoms in total. The first-order valence-corrected chi connectivity index (χ1v) is 10.9. The highest BCUT2D eigenvalue weighted by Gasteiger charge is 2.21. The fourth-order valence-corrected chi connectivity index (χ4v) is 3.97. The van der Waals surface area contributed by atoms with Crippen molar-refractivity contribution >= 4 is 28.3 Å². The number of methoxy groups -OCH3 is 2. The van der Waals surface area contributed by atoms with Gasteiger partial charge < -0.3 is 19.7 Å². The Bertz CT molecular complexity index is 1180. The molecular weight excluding hydrogens is 440 g/mol. The summed E-state index contributed by atoms with van der Waals surface area (Å²) in [7, 11) is 3.20. The quantitative estimate of drug-likeness (QED) is 0.393. The number of benzene rings is 2. The molecule has 1 aliphatic heterocycles. The summed E-state index contributed by atoms with van der Waals surface area (Å²) in [4.78, 5) is 35.9. The van der Waals surface area contributed by atoms with Gasteiger partial charge in [0.25, 0.3) is 11.6 Å². The Hall–Kier alpha value is -3.99. The van der Waals surface area contributed by atoms with Crippen molar-refractivity contribution in [2.45, 2.75) is 0 Å². The Morgan fingerprint density at radius 2 is 1.74 bits per heavy atom. The van der Waals surface area contributed by atoms with E-state index in [-0.39, 0.29) is 11.6 Å². The second-order valence-electron chi connectivity index (χ2n) is 7.81. The van der Waals surface area contributed by atoms with Gasteiger partial charge in [-0.25, -0.2) is 9.97 Å². The van der Waals surface area contributed by atoms with Crippen LogP contribution in [0.2, 0.25) is 0 Å². The minimum absolute atomic E-state index is 0.0385. The number of piperazine rings is 1. The number of nitro benzene ring substituents is 1. The molecule has 1 saturated heterocycles. The molecule has 0 atom stereocenters. The smallest absolute Gasteiger partial charge is 0.269 e. The van der Waals surface area contributed by atoms with Crippen molar-refractivity contribution in [1.29, 1.82) is 0 Å². The van der Waals surface area contributed by atoms with Crippen LogP contribution in [0, 0.1) is 10.1 Å². The fraction of sp³-hybridized carbons (Fsp3) is 0.348.